The van der Waals surface area contributed by atoms with Crippen LogP contribution in [0.5, 0.6) is 0 Å². The van der Waals surface area contributed by atoms with Crippen LogP contribution in [-0.4, -0.2) is 73.4 Å². The first-order valence-corrected chi connectivity index (χ1v) is 26.1. The molecule has 1 amide bonds. The first-order valence-electron chi connectivity index (χ1n) is 24.6. The van der Waals surface area contributed by atoms with Crippen molar-refractivity contribution in [3.05, 3.63) is 134 Å². The van der Waals surface area contributed by atoms with Gasteiger partial charge in [-0.15, -0.1) is 0 Å². The molecule has 3 N–H and O–H groups in total. The number of hydrogen-bond donors (Lipinski definition) is 3. The topological polar surface area (TPSA) is 105 Å². The van der Waals surface area contributed by atoms with Crippen molar-refractivity contribution in [2.75, 3.05) is 40.9 Å². The largest absolute Gasteiger partial charge is 0.472 e. The highest BCUT2D eigenvalue weighted by molar-refractivity contribution is 7.47. The fourth-order valence-corrected chi connectivity index (χ4v) is 6.71. The molecule has 0 rings (SSSR count). The van der Waals surface area contributed by atoms with Crippen molar-refractivity contribution in [1.29, 1.82) is 0 Å². The molecule has 0 saturated heterocycles. The molecule has 8 nitrogen and oxygen atoms in total. The van der Waals surface area contributed by atoms with Crippen LogP contribution in [0.4, 0.5) is 0 Å². The van der Waals surface area contributed by atoms with E-state index in [9.17, 15) is 19.4 Å². The molecule has 0 bridgehead atoms. The zero-order valence-electron chi connectivity index (χ0n) is 41.0. The number of amides is 1. The smallest absolute Gasteiger partial charge is 0.387 e. The predicted molar refractivity (Wildman–Crippen MR) is 276 cm³/mol. The van der Waals surface area contributed by atoms with E-state index in [2.05, 4.69) is 141 Å². The molecule has 0 aliphatic rings. The summed E-state index contributed by atoms with van der Waals surface area (Å²) >= 11 is 0. The molecular weight excluding hydrogens is 816 g/mol. The molecule has 0 aromatic heterocycles. The second-order valence-electron chi connectivity index (χ2n) is 17.1. The summed E-state index contributed by atoms with van der Waals surface area (Å²) in [4.78, 5) is 23.1. The molecule has 3 unspecified atom stereocenters. The lowest BCUT2D eigenvalue weighted by Crippen LogP contribution is -2.45. The van der Waals surface area contributed by atoms with Gasteiger partial charge in [0.05, 0.1) is 39.9 Å². The third-order valence-electron chi connectivity index (χ3n) is 9.81. The van der Waals surface area contributed by atoms with Crippen molar-refractivity contribution in [3.8, 4) is 0 Å². The minimum Gasteiger partial charge on any atom is -0.387 e. The Morgan fingerprint density at radius 3 is 1.42 bits per heavy atom. The van der Waals surface area contributed by atoms with Gasteiger partial charge in [-0.1, -0.05) is 180 Å². The lowest BCUT2D eigenvalue weighted by molar-refractivity contribution is -0.870. The van der Waals surface area contributed by atoms with Crippen LogP contribution >= 0.6 is 7.82 Å². The normalized spacial score (nSPS) is 15.3. The van der Waals surface area contributed by atoms with Gasteiger partial charge in [0.25, 0.3) is 0 Å². The van der Waals surface area contributed by atoms with Crippen molar-refractivity contribution in [3.63, 3.8) is 0 Å². The Kier molecular flexibility index (Phi) is 42.5. The third kappa shape index (κ3) is 46.6. The average Bonchev–Trinajstić information content (AvgIpc) is 3.25. The summed E-state index contributed by atoms with van der Waals surface area (Å²) in [5, 5.41) is 13.8. The summed E-state index contributed by atoms with van der Waals surface area (Å²) in [6, 6.07) is -0.886. The molecule has 0 aromatic rings. The van der Waals surface area contributed by atoms with Crippen molar-refractivity contribution in [1.82, 2.24) is 5.32 Å². The van der Waals surface area contributed by atoms with Gasteiger partial charge >= 0.3 is 7.82 Å². The standard InChI is InChI=1S/C55H91N2O6P/c1-6-8-10-12-14-16-18-19-20-21-22-23-24-25-26-27-28-29-30-31-32-33-34-35-36-37-39-41-43-45-47-49-55(59)56-53(52-63-64(60,61)62-51-50-57(3,4)5)54(58)48-46-44-42-40-38-17-15-13-11-9-7-2/h8,10-11,13-14,16,19-20,22-23,25-26,28-29,31-32,34-35,38,40,46,48,53-54,58H,6-7,9,12,15,17-18,21,24,27,30,33,36-37,39,41-45,47,49-52H2,1-5H3,(H-,56,59,60,61)/p+1/b10-8-,13-11+,16-14-,20-19-,23-22-,26-25-,29-28-,32-31-,35-34-,40-38+,48-46+. The van der Waals surface area contributed by atoms with E-state index >= 15 is 0 Å². The summed E-state index contributed by atoms with van der Waals surface area (Å²) in [6.07, 6.45) is 68.3. The quantitative estimate of drug-likeness (QED) is 0.0244. The number of carbonyl (C=O) groups excluding carboxylic acids is 1. The van der Waals surface area contributed by atoms with Crippen LogP contribution in [0.15, 0.2) is 134 Å². The van der Waals surface area contributed by atoms with Crippen LogP contribution < -0.4 is 5.32 Å². The molecule has 0 radical (unpaired) electrons. The Morgan fingerprint density at radius 2 is 0.953 bits per heavy atom. The highest BCUT2D eigenvalue weighted by Crippen LogP contribution is 2.43. The minimum absolute atomic E-state index is 0.0421. The number of nitrogens with zero attached hydrogens (tertiary/aromatic N) is 1. The van der Waals surface area contributed by atoms with Gasteiger partial charge in [0, 0.05) is 6.42 Å². The summed E-state index contributed by atoms with van der Waals surface area (Å²) in [5.74, 6) is -0.216. The van der Waals surface area contributed by atoms with Crippen LogP contribution in [0.3, 0.4) is 0 Å². The van der Waals surface area contributed by atoms with E-state index in [1.807, 2.05) is 27.2 Å². The number of unbranched alkanes of at least 4 members (excludes halogenated alkanes) is 9. The van der Waals surface area contributed by atoms with E-state index in [1.165, 1.54) is 0 Å². The van der Waals surface area contributed by atoms with E-state index in [-0.39, 0.29) is 19.1 Å². The number of aliphatic hydroxyl groups is 1. The van der Waals surface area contributed by atoms with Crippen LogP contribution in [-0.2, 0) is 18.4 Å². The number of phosphoric acid groups is 1. The van der Waals surface area contributed by atoms with Gasteiger partial charge in [-0.05, 0) is 103 Å². The highest BCUT2D eigenvalue weighted by Gasteiger charge is 2.27. The zero-order valence-corrected chi connectivity index (χ0v) is 41.9. The molecule has 362 valence electrons. The number of likely N-dealkylation sites (N-methyl/N-ethyl adjacent to an activating group) is 1. The van der Waals surface area contributed by atoms with E-state index in [0.717, 1.165) is 135 Å². The molecule has 0 fully saturated rings. The SMILES string of the molecule is CC/C=C\C/C=C\C/C=C\C/C=C\C/C=C\C/C=C\C/C=C\C/C=C\CCCCCCCCC(=O)NC(COP(=O)(O)OCC[N+](C)(C)C)C(O)/C=C/CC/C=C/CC/C=C/CCC. The molecule has 0 saturated carbocycles. The minimum atomic E-state index is -4.36. The molecule has 0 spiro atoms. The number of aliphatic hydroxyl groups excluding tert-OH is 1. The van der Waals surface area contributed by atoms with Gasteiger partial charge in [0.2, 0.25) is 5.91 Å². The van der Waals surface area contributed by atoms with E-state index in [4.69, 9.17) is 9.05 Å². The molecule has 9 heteroatoms. The molecule has 3 atom stereocenters. The number of nitrogens with one attached hydrogen (secondary N) is 1. The molecule has 0 aliphatic carbocycles. The maximum absolute atomic E-state index is 12.9. The average molecular weight is 908 g/mol. The van der Waals surface area contributed by atoms with E-state index < -0.39 is 20.0 Å². The van der Waals surface area contributed by atoms with Gasteiger partial charge in [-0.3, -0.25) is 13.8 Å². The number of carbonyl (C=O) groups is 1. The predicted octanol–water partition coefficient (Wildman–Crippen LogP) is 14.4. The van der Waals surface area contributed by atoms with Gasteiger partial charge in [-0.2, -0.15) is 0 Å². The fraction of sp³-hybridized carbons (Fsp3) is 0.582. The van der Waals surface area contributed by atoms with Crippen molar-refractivity contribution >= 4 is 13.7 Å². The van der Waals surface area contributed by atoms with Crippen LogP contribution in [0.2, 0.25) is 0 Å². The van der Waals surface area contributed by atoms with Crippen molar-refractivity contribution < 1.29 is 32.9 Å². The molecular formula is C55H92N2O6P+. The van der Waals surface area contributed by atoms with E-state index in [1.54, 1.807) is 6.08 Å². The van der Waals surface area contributed by atoms with Gasteiger partial charge < -0.3 is 19.8 Å². The number of phosphoric ester groups is 1. The van der Waals surface area contributed by atoms with Crippen LogP contribution in [0, 0.1) is 0 Å². The van der Waals surface area contributed by atoms with Gasteiger partial charge in [0.15, 0.2) is 0 Å². The molecule has 0 heterocycles. The van der Waals surface area contributed by atoms with Gasteiger partial charge in [0.1, 0.15) is 13.2 Å². The number of allylic oxidation sites excluding steroid dienone is 21. The molecule has 64 heavy (non-hydrogen) atoms. The Labute approximate surface area is 392 Å². The second-order valence-corrected chi connectivity index (χ2v) is 18.5. The maximum atomic E-state index is 12.9. The summed E-state index contributed by atoms with van der Waals surface area (Å²) in [5.41, 5.74) is 0. The lowest BCUT2D eigenvalue weighted by Gasteiger charge is -2.25. The van der Waals surface area contributed by atoms with Crippen molar-refractivity contribution in [2.45, 2.75) is 167 Å². The van der Waals surface area contributed by atoms with Crippen molar-refractivity contribution in [2.24, 2.45) is 0 Å². The summed E-state index contributed by atoms with van der Waals surface area (Å²) in [7, 11) is 1.51. The summed E-state index contributed by atoms with van der Waals surface area (Å²) < 4.78 is 23.5. The lowest BCUT2D eigenvalue weighted by atomic mass is 10.1. The Hall–Kier alpha value is -3.36. The zero-order chi connectivity index (χ0) is 47.1. The highest BCUT2D eigenvalue weighted by atomic mass is 31.2. The molecule has 0 aliphatic heterocycles. The monoisotopic (exact) mass is 908 g/mol. The first-order chi connectivity index (χ1) is 31.0. The number of hydrogen-bond acceptors (Lipinski definition) is 5. The first kappa shape index (κ1) is 60.6. The second kappa shape index (κ2) is 44.8. The third-order valence-corrected chi connectivity index (χ3v) is 10.8. The number of quaternary nitrogens is 1. The summed E-state index contributed by atoms with van der Waals surface area (Å²) in [6.45, 7) is 4.54. The Morgan fingerprint density at radius 1 is 0.547 bits per heavy atom. The van der Waals surface area contributed by atoms with Crippen LogP contribution in [0.25, 0.3) is 0 Å². The van der Waals surface area contributed by atoms with Crippen LogP contribution in [0.1, 0.15) is 155 Å². The number of rotatable bonds is 42. The van der Waals surface area contributed by atoms with Gasteiger partial charge in [-0.25, -0.2) is 4.57 Å². The maximum Gasteiger partial charge on any atom is 0.472 e. The van der Waals surface area contributed by atoms with E-state index in [0.29, 0.717) is 17.4 Å². The Bertz CT molecular complexity index is 1490. The Balaban J connectivity index is 4.29. The fourth-order valence-electron chi connectivity index (χ4n) is 5.98. The molecule has 0 aromatic carbocycles.